The number of ether oxygens (including phenoxy) is 4. The van der Waals surface area contributed by atoms with Crippen molar-refractivity contribution in [2.24, 2.45) is 0 Å². The summed E-state index contributed by atoms with van der Waals surface area (Å²) < 4.78 is 23.0. The minimum absolute atomic E-state index is 0. The van der Waals surface area contributed by atoms with Crippen LogP contribution in [0.4, 0.5) is 0 Å². The highest BCUT2D eigenvalue weighted by molar-refractivity contribution is 4.96. The lowest BCUT2D eigenvalue weighted by atomic mass is 10.1. The largest absolute Gasteiger partial charge is 1.00 e. The fourth-order valence-corrected chi connectivity index (χ4v) is 2.71. The minimum Gasteiger partial charge on any atom is -1.00 e. The average Bonchev–Trinajstić information content (AvgIpc) is 2.86. The maximum Gasteiger partial charge on any atom is 0.190 e. The molecule has 2 N–H and O–H groups in total. The second-order valence-corrected chi connectivity index (χ2v) is 6.31. The summed E-state index contributed by atoms with van der Waals surface area (Å²) in [6, 6.07) is 0. The molecule has 2 fully saturated rings. The third kappa shape index (κ3) is 4.75. The highest BCUT2D eigenvalue weighted by Crippen LogP contribution is 2.39. The first-order valence-electron chi connectivity index (χ1n) is 7.40. The molecule has 22 heavy (non-hydrogen) atoms. The Hall–Kier alpha value is 0.01000. The van der Waals surface area contributed by atoms with Gasteiger partial charge in [0.25, 0.3) is 0 Å². The average molecular weight is 341 g/mol. The molecule has 8 heteroatoms. The zero-order valence-corrected chi connectivity index (χ0v) is 14.3. The van der Waals surface area contributed by atoms with Crippen LogP contribution in [0.25, 0.3) is 0 Å². The van der Waals surface area contributed by atoms with Gasteiger partial charge in [0.1, 0.15) is 24.4 Å². The van der Waals surface area contributed by atoms with Gasteiger partial charge >= 0.3 is 0 Å². The quantitative estimate of drug-likeness (QED) is 0.467. The standard InChI is InChI=1S/C14H27NO6.ClH/c1-14(2)20-12-11(18-7-5-6-15(3)4)10(9(17)8-16)19-13(12)21-14;/h9-13,16-17H,5-8H2,1-4H3;1H/p-1. The molecular formula is C14H27ClNO6-. The molecule has 0 amide bonds. The molecule has 2 rings (SSSR count). The second-order valence-electron chi connectivity index (χ2n) is 6.31. The van der Waals surface area contributed by atoms with Crippen LogP contribution in [-0.4, -0.2) is 85.5 Å². The highest BCUT2D eigenvalue weighted by Gasteiger charge is 2.56. The van der Waals surface area contributed by atoms with Crippen molar-refractivity contribution in [1.82, 2.24) is 4.90 Å². The lowest BCUT2D eigenvalue weighted by Crippen LogP contribution is -3.00. The third-order valence-electron chi connectivity index (χ3n) is 3.65. The van der Waals surface area contributed by atoms with Crippen molar-refractivity contribution >= 4 is 0 Å². The van der Waals surface area contributed by atoms with Gasteiger partial charge in [-0.25, -0.2) is 0 Å². The lowest BCUT2D eigenvalue weighted by molar-refractivity contribution is -0.231. The van der Waals surface area contributed by atoms with Crippen LogP contribution in [0.3, 0.4) is 0 Å². The molecule has 0 aromatic carbocycles. The van der Waals surface area contributed by atoms with E-state index in [1.807, 2.05) is 27.9 Å². The normalized spacial score (nSPS) is 34.5. The predicted octanol–water partition coefficient (Wildman–Crippen LogP) is -3.44. The van der Waals surface area contributed by atoms with Gasteiger partial charge in [0.05, 0.1) is 6.61 Å². The molecule has 2 aliphatic rings. The topological polar surface area (TPSA) is 80.6 Å². The molecule has 0 aliphatic carbocycles. The van der Waals surface area contributed by atoms with E-state index in [1.165, 1.54) is 0 Å². The van der Waals surface area contributed by atoms with Crippen LogP contribution in [0.1, 0.15) is 20.3 Å². The van der Waals surface area contributed by atoms with Gasteiger partial charge in [-0.3, -0.25) is 0 Å². The van der Waals surface area contributed by atoms with E-state index < -0.39 is 30.4 Å². The molecule has 2 heterocycles. The molecule has 5 atom stereocenters. The van der Waals surface area contributed by atoms with E-state index in [1.54, 1.807) is 0 Å². The van der Waals surface area contributed by atoms with Gasteiger partial charge in [-0.15, -0.1) is 0 Å². The Kier molecular flexibility index (Phi) is 7.48. The van der Waals surface area contributed by atoms with Gasteiger partial charge in [0, 0.05) is 6.61 Å². The Balaban J connectivity index is 0.00000242. The summed E-state index contributed by atoms with van der Waals surface area (Å²) in [6.45, 7) is 4.70. The molecule has 2 saturated heterocycles. The van der Waals surface area contributed by atoms with Gasteiger partial charge in [0.2, 0.25) is 0 Å². The van der Waals surface area contributed by atoms with Crippen LogP contribution >= 0.6 is 0 Å². The first-order chi connectivity index (χ1) is 9.84. The smallest absolute Gasteiger partial charge is 0.190 e. The summed E-state index contributed by atoms with van der Waals surface area (Å²) in [4.78, 5) is 2.08. The third-order valence-corrected chi connectivity index (χ3v) is 3.65. The molecule has 2 aliphatic heterocycles. The van der Waals surface area contributed by atoms with Crippen LogP contribution in [-0.2, 0) is 18.9 Å². The summed E-state index contributed by atoms with van der Waals surface area (Å²) in [5, 5.41) is 19.0. The van der Waals surface area contributed by atoms with Gasteiger partial charge < -0.3 is 46.5 Å². The van der Waals surface area contributed by atoms with Gasteiger partial charge in [-0.05, 0) is 40.9 Å². The van der Waals surface area contributed by atoms with Crippen molar-refractivity contribution in [3.05, 3.63) is 0 Å². The van der Waals surface area contributed by atoms with Crippen LogP contribution in [0.5, 0.6) is 0 Å². The van der Waals surface area contributed by atoms with Crippen molar-refractivity contribution in [2.75, 3.05) is 33.9 Å². The number of hydrogen-bond donors (Lipinski definition) is 2. The first-order valence-corrected chi connectivity index (χ1v) is 7.40. The number of hydrogen-bond acceptors (Lipinski definition) is 7. The number of nitrogens with zero attached hydrogens (tertiary/aromatic N) is 1. The number of aliphatic hydroxyl groups is 2. The van der Waals surface area contributed by atoms with E-state index in [9.17, 15) is 5.11 Å². The highest BCUT2D eigenvalue weighted by atomic mass is 35.5. The Labute approximate surface area is 137 Å². The van der Waals surface area contributed by atoms with E-state index in [4.69, 9.17) is 24.1 Å². The SMILES string of the molecule is CN(C)CCCOC1C(C(O)CO)OC2OC(C)(C)OC21.[Cl-]. The number of rotatable bonds is 7. The van der Waals surface area contributed by atoms with Crippen molar-refractivity contribution in [2.45, 2.75) is 56.8 Å². The molecule has 0 radical (unpaired) electrons. The predicted molar refractivity (Wildman–Crippen MR) is 74.7 cm³/mol. The van der Waals surface area contributed by atoms with E-state index in [2.05, 4.69) is 4.90 Å². The molecule has 0 saturated carbocycles. The van der Waals surface area contributed by atoms with E-state index in [-0.39, 0.29) is 25.1 Å². The van der Waals surface area contributed by atoms with Gasteiger partial charge in [-0.1, -0.05) is 0 Å². The van der Waals surface area contributed by atoms with Crippen LogP contribution < -0.4 is 12.4 Å². The maximum absolute atomic E-state index is 9.88. The lowest BCUT2D eigenvalue weighted by Gasteiger charge is -2.28. The zero-order valence-electron chi connectivity index (χ0n) is 13.6. The van der Waals surface area contributed by atoms with Gasteiger partial charge in [-0.2, -0.15) is 0 Å². The zero-order chi connectivity index (χ0) is 15.6. The van der Waals surface area contributed by atoms with E-state index in [0.717, 1.165) is 13.0 Å². The van der Waals surface area contributed by atoms with E-state index >= 15 is 0 Å². The van der Waals surface area contributed by atoms with Crippen LogP contribution in [0, 0.1) is 0 Å². The van der Waals surface area contributed by atoms with Crippen molar-refractivity contribution in [3.63, 3.8) is 0 Å². The molecule has 7 nitrogen and oxygen atoms in total. The Bertz CT molecular complexity index is 343. The maximum atomic E-state index is 9.88. The summed E-state index contributed by atoms with van der Waals surface area (Å²) in [5.41, 5.74) is 0. The molecule has 132 valence electrons. The minimum atomic E-state index is -1.01. The molecule has 0 bridgehead atoms. The fourth-order valence-electron chi connectivity index (χ4n) is 2.71. The molecular weight excluding hydrogens is 314 g/mol. The molecule has 5 unspecified atom stereocenters. The number of fused-ring (bicyclic) bond motifs is 1. The summed E-state index contributed by atoms with van der Waals surface area (Å²) in [6.07, 6.45) is -2.17. The summed E-state index contributed by atoms with van der Waals surface area (Å²) in [5.74, 6) is -0.726. The first kappa shape index (κ1) is 20.1. The van der Waals surface area contributed by atoms with Crippen molar-refractivity contribution in [1.29, 1.82) is 0 Å². The van der Waals surface area contributed by atoms with E-state index in [0.29, 0.717) is 6.61 Å². The number of halogens is 1. The summed E-state index contributed by atoms with van der Waals surface area (Å²) in [7, 11) is 4.01. The Morgan fingerprint density at radius 2 is 1.95 bits per heavy atom. The Morgan fingerprint density at radius 1 is 1.27 bits per heavy atom. The Morgan fingerprint density at radius 3 is 2.55 bits per heavy atom. The van der Waals surface area contributed by atoms with Crippen LogP contribution in [0.15, 0.2) is 0 Å². The molecule has 0 aromatic heterocycles. The molecule has 0 aromatic rings. The summed E-state index contributed by atoms with van der Waals surface area (Å²) >= 11 is 0. The van der Waals surface area contributed by atoms with Gasteiger partial charge in [0.15, 0.2) is 12.1 Å². The molecule has 0 spiro atoms. The van der Waals surface area contributed by atoms with Crippen molar-refractivity contribution in [3.8, 4) is 0 Å². The van der Waals surface area contributed by atoms with Crippen LogP contribution in [0.2, 0.25) is 0 Å². The number of aliphatic hydroxyl groups excluding tert-OH is 2. The van der Waals surface area contributed by atoms with Crippen molar-refractivity contribution < 1.29 is 41.6 Å². The fraction of sp³-hybridized carbons (Fsp3) is 1.00. The second kappa shape index (κ2) is 8.21. The monoisotopic (exact) mass is 340 g/mol.